The van der Waals surface area contributed by atoms with Crippen molar-refractivity contribution in [2.75, 3.05) is 0 Å². The number of alkyl halides is 2. The van der Waals surface area contributed by atoms with E-state index in [2.05, 4.69) is 15.4 Å². The van der Waals surface area contributed by atoms with Crippen LogP contribution in [0.25, 0.3) is 22.3 Å². The monoisotopic (exact) mass is 388 g/mol. The number of carboxylic acid groups (broad SMARTS) is 1. The first-order chi connectivity index (χ1) is 13.4. The second kappa shape index (κ2) is 8.12. The fraction of sp³-hybridized carbons (Fsp3) is 0.263. The van der Waals surface area contributed by atoms with Gasteiger partial charge in [0.1, 0.15) is 6.04 Å². The minimum Gasteiger partial charge on any atom is -0.480 e. The number of benzene rings is 1. The zero-order valence-electron chi connectivity index (χ0n) is 15.0. The maximum absolute atomic E-state index is 12.8. The van der Waals surface area contributed by atoms with Gasteiger partial charge < -0.3 is 10.4 Å². The van der Waals surface area contributed by atoms with Gasteiger partial charge in [-0.1, -0.05) is 30.3 Å². The molecule has 2 aromatic heterocycles. The number of hydrogen-bond acceptors (Lipinski definition) is 4. The maximum atomic E-state index is 12.8. The van der Waals surface area contributed by atoms with Gasteiger partial charge in [0.15, 0.2) is 5.65 Å². The number of pyridine rings is 1. The van der Waals surface area contributed by atoms with Crippen molar-refractivity contribution in [3.63, 3.8) is 0 Å². The van der Waals surface area contributed by atoms with Gasteiger partial charge in [-0.2, -0.15) is 5.10 Å². The maximum Gasteiger partial charge on any atom is 0.326 e. The van der Waals surface area contributed by atoms with E-state index in [1.807, 2.05) is 37.3 Å². The van der Waals surface area contributed by atoms with E-state index in [1.54, 1.807) is 4.68 Å². The summed E-state index contributed by atoms with van der Waals surface area (Å²) < 4.78 is 26.9. The molecule has 0 spiro atoms. The largest absolute Gasteiger partial charge is 0.480 e. The van der Waals surface area contributed by atoms with E-state index in [9.17, 15) is 18.4 Å². The van der Waals surface area contributed by atoms with Crippen LogP contribution in [0.5, 0.6) is 0 Å². The van der Waals surface area contributed by atoms with Crippen LogP contribution in [0.2, 0.25) is 0 Å². The van der Waals surface area contributed by atoms with Gasteiger partial charge in [-0.05, 0) is 13.0 Å². The molecular formula is C19H18F2N4O3. The Balaban J connectivity index is 2.07. The SMILES string of the molecule is CCn1ncc2c(C(=O)NC(CC(F)F)C(=O)O)cc(-c3ccccc3)nc21. The molecule has 1 amide bonds. The second-order valence-electron chi connectivity index (χ2n) is 6.11. The summed E-state index contributed by atoms with van der Waals surface area (Å²) in [6.45, 7) is 2.38. The summed E-state index contributed by atoms with van der Waals surface area (Å²) in [6, 6.07) is 8.93. The van der Waals surface area contributed by atoms with E-state index < -0.39 is 30.8 Å². The first kappa shape index (κ1) is 19.4. The molecule has 0 fully saturated rings. The summed E-state index contributed by atoms with van der Waals surface area (Å²) >= 11 is 0. The van der Waals surface area contributed by atoms with Gasteiger partial charge in [0.05, 0.1) is 22.8 Å². The van der Waals surface area contributed by atoms with Crippen molar-refractivity contribution in [3.05, 3.63) is 48.2 Å². The quantitative estimate of drug-likeness (QED) is 0.649. The molecule has 9 heteroatoms. The van der Waals surface area contributed by atoms with Crippen LogP contribution in [0.15, 0.2) is 42.6 Å². The Bertz CT molecular complexity index is 1010. The van der Waals surface area contributed by atoms with Crippen LogP contribution in [-0.2, 0) is 11.3 Å². The standard InChI is InChI=1S/C19H18F2N4O3/c1-2-25-17-13(10-22-25)12(8-14(23-17)11-6-4-3-5-7-11)18(26)24-15(19(27)28)9-16(20)21/h3-8,10,15-16H,2,9H2,1H3,(H,24,26)(H,27,28). The number of carbonyl (C=O) groups is 2. The van der Waals surface area contributed by atoms with E-state index in [4.69, 9.17) is 5.11 Å². The normalized spacial score (nSPS) is 12.3. The summed E-state index contributed by atoms with van der Waals surface area (Å²) in [5.74, 6) is -2.29. The topological polar surface area (TPSA) is 97.1 Å². The molecule has 28 heavy (non-hydrogen) atoms. The Kier molecular flexibility index (Phi) is 5.62. The summed E-state index contributed by atoms with van der Waals surface area (Å²) in [5.41, 5.74) is 1.83. The number of carboxylic acids is 1. The molecule has 146 valence electrons. The number of nitrogens with one attached hydrogen (secondary N) is 1. The third-order valence-corrected chi connectivity index (χ3v) is 4.24. The summed E-state index contributed by atoms with van der Waals surface area (Å²) in [4.78, 5) is 28.5. The molecule has 0 saturated carbocycles. The first-order valence-electron chi connectivity index (χ1n) is 8.64. The van der Waals surface area contributed by atoms with Crippen molar-refractivity contribution >= 4 is 22.9 Å². The summed E-state index contributed by atoms with van der Waals surface area (Å²) in [5, 5.41) is 15.9. The minimum atomic E-state index is -2.86. The number of aromatic nitrogens is 3. The second-order valence-corrected chi connectivity index (χ2v) is 6.11. The third kappa shape index (κ3) is 3.98. The van der Waals surface area contributed by atoms with E-state index in [0.29, 0.717) is 23.3 Å². The average molecular weight is 388 g/mol. The van der Waals surface area contributed by atoms with Gasteiger partial charge in [0.25, 0.3) is 5.91 Å². The molecular weight excluding hydrogens is 370 g/mol. The number of halogens is 2. The number of aryl methyl sites for hydroxylation is 1. The number of rotatable bonds is 7. The number of nitrogens with zero attached hydrogens (tertiary/aromatic N) is 3. The predicted octanol–water partition coefficient (Wildman–Crippen LogP) is 2.96. The van der Waals surface area contributed by atoms with Crippen LogP contribution in [0, 0.1) is 0 Å². The van der Waals surface area contributed by atoms with E-state index in [-0.39, 0.29) is 5.56 Å². The molecule has 3 rings (SSSR count). The molecule has 0 aliphatic carbocycles. The highest BCUT2D eigenvalue weighted by atomic mass is 19.3. The highest BCUT2D eigenvalue weighted by molar-refractivity contribution is 6.07. The van der Waals surface area contributed by atoms with Crippen LogP contribution in [-0.4, -0.2) is 44.2 Å². The number of carbonyl (C=O) groups excluding carboxylic acids is 1. The van der Waals surface area contributed by atoms with Gasteiger partial charge in [0.2, 0.25) is 6.43 Å². The molecule has 0 aliphatic heterocycles. The minimum absolute atomic E-state index is 0.129. The van der Waals surface area contributed by atoms with Crippen molar-refractivity contribution < 1.29 is 23.5 Å². The number of aliphatic carboxylic acids is 1. The highest BCUT2D eigenvalue weighted by Crippen LogP contribution is 2.25. The molecule has 0 aliphatic rings. The molecule has 2 heterocycles. The van der Waals surface area contributed by atoms with E-state index in [1.165, 1.54) is 12.3 Å². The van der Waals surface area contributed by atoms with Gasteiger partial charge in [-0.3, -0.25) is 4.79 Å². The third-order valence-electron chi connectivity index (χ3n) is 4.24. The Morgan fingerprint density at radius 1 is 1.25 bits per heavy atom. The predicted molar refractivity (Wildman–Crippen MR) is 98.1 cm³/mol. The van der Waals surface area contributed by atoms with Crippen molar-refractivity contribution in [2.45, 2.75) is 32.4 Å². The Morgan fingerprint density at radius 3 is 2.57 bits per heavy atom. The molecule has 0 saturated heterocycles. The number of hydrogen-bond donors (Lipinski definition) is 2. The first-order valence-corrected chi connectivity index (χ1v) is 8.64. The Hall–Kier alpha value is -3.36. The fourth-order valence-electron chi connectivity index (χ4n) is 2.86. The van der Waals surface area contributed by atoms with Crippen LogP contribution in [0.4, 0.5) is 8.78 Å². The Morgan fingerprint density at radius 2 is 1.96 bits per heavy atom. The van der Waals surface area contributed by atoms with Gasteiger partial charge in [0, 0.05) is 18.5 Å². The lowest BCUT2D eigenvalue weighted by molar-refractivity contribution is -0.140. The molecule has 7 nitrogen and oxygen atoms in total. The van der Waals surface area contributed by atoms with Crippen molar-refractivity contribution in [1.82, 2.24) is 20.1 Å². The van der Waals surface area contributed by atoms with Gasteiger partial charge in [-0.15, -0.1) is 0 Å². The molecule has 0 radical (unpaired) electrons. The lowest BCUT2D eigenvalue weighted by Gasteiger charge is -2.15. The van der Waals surface area contributed by atoms with Crippen LogP contribution in [0.3, 0.4) is 0 Å². The molecule has 0 bridgehead atoms. The zero-order chi connectivity index (χ0) is 20.3. The molecule has 1 unspecified atom stereocenters. The van der Waals surface area contributed by atoms with Crippen molar-refractivity contribution in [1.29, 1.82) is 0 Å². The van der Waals surface area contributed by atoms with Gasteiger partial charge >= 0.3 is 5.97 Å². The van der Waals surface area contributed by atoms with Crippen LogP contribution >= 0.6 is 0 Å². The van der Waals surface area contributed by atoms with Crippen molar-refractivity contribution in [3.8, 4) is 11.3 Å². The fourth-order valence-corrected chi connectivity index (χ4v) is 2.86. The summed E-state index contributed by atoms with van der Waals surface area (Å²) in [6.07, 6.45) is -2.38. The van der Waals surface area contributed by atoms with Crippen molar-refractivity contribution in [2.24, 2.45) is 0 Å². The molecule has 3 aromatic rings. The smallest absolute Gasteiger partial charge is 0.326 e. The number of amides is 1. The number of fused-ring (bicyclic) bond motifs is 1. The van der Waals surface area contributed by atoms with Crippen LogP contribution in [0.1, 0.15) is 23.7 Å². The van der Waals surface area contributed by atoms with E-state index >= 15 is 0 Å². The van der Waals surface area contributed by atoms with Crippen LogP contribution < -0.4 is 5.32 Å². The highest BCUT2D eigenvalue weighted by Gasteiger charge is 2.26. The molecule has 1 atom stereocenters. The average Bonchev–Trinajstić information content (AvgIpc) is 3.10. The lowest BCUT2D eigenvalue weighted by atomic mass is 10.1. The lowest BCUT2D eigenvalue weighted by Crippen LogP contribution is -2.42. The zero-order valence-corrected chi connectivity index (χ0v) is 15.0. The Labute approximate surface area is 159 Å². The summed E-state index contributed by atoms with van der Waals surface area (Å²) in [7, 11) is 0. The molecule has 1 aromatic carbocycles. The molecule has 2 N–H and O–H groups in total. The van der Waals surface area contributed by atoms with E-state index in [0.717, 1.165) is 5.56 Å². The van der Waals surface area contributed by atoms with Gasteiger partial charge in [-0.25, -0.2) is 23.2 Å².